The quantitative estimate of drug-likeness (QED) is 0.125. The molecule has 1 amide bonds. The summed E-state index contributed by atoms with van der Waals surface area (Å²) in [5.41, 5.74) is 6.08. The standard InChI is InChI=1S/C45H44N6O9/c1-4-28-30-17-27(52)11-12-35(30)46-39-33(28)21-50-36(39)19-31-34(42(50)55)22-59-43(56)40(31)60-45(58)49-15-13-25(14-16-49)6-5-24-7-9-26(10-8-24)51-41(47-48-44(51)57)32-18-29(23(2)3)37(53)20-38(32)54/h7-12,17-20,23,25,40,52-54H,4-6,13-16,21-22H2,1-3H3,(H,48,57)/t40-/m0/s1. The fourth-order valence-corrected chi connectivity index (χ4v) is 8.91. The molecular formula is C45H44N6O9. The molecule has 1 fully saturated rings. The fourth-order valence-electron chi connectivity index (χ4n) is 8.91. The molecule has 15 nitrogen and oxygen atoms in total. The number of cyclic esters (lactones) is 1. The topological polar surface area (TPSA) is 202 Å². The van der Waals surface area contributed by atoms with Crippen LogP contribution < -0.4 is 11.2 Å². The minimum Gasteiger partial charge on any atom is -0.508 e. The molecule has 4 N–H and O–H groups in total. The van der Waals surface area contributed by atoms with Crippen LogP contribution in [0.2, 0.25) is 0 Å². The Kier molecular flexibility index (Phi) is 9.68. The number of hydrogen-bond acceptors (Lipinski definition) is 11. The highest BCUT2D eigenvalue weighted by molar-refractivity contribution is 5.89. The number of piperidine rings is 1. The molecule has 60 heavy (non-hydrogen) atoms. The maximum atomic E-state index is 13.9. The molecule has 3 aliphatic rings. The third-order valence-corrected chi connectivity index (χ3v) is 12.2. The molecule has 0 radical (unpaired) electrons. The van der Waals surface area contributed by atoms with Gasteiger partial charge in [0.2, 0.25) is 6.10 Å². The van der Waals surface area contributed by atoms with Gasteiger partial charge in [0.25, 0.3) is 5.56 Å². The molecule has 15 heteroatoms. The number of likely N-dealkylation sites (tertiary alicyclic amines) is 1. The van der Waals surface area contributed by atoms with Crippen LogP contribution in [0.15, 0.2) is 70.3 Å². The molecule has 0 unspecified atom stereocenters. The van der Waals surface area contributed by atoms with Gasteiger partial charge in [-0.1, -0.05) is 32.9 Å². The van der Waals surface area contributed by atoms with Crippen LogP contribution in [-0.4, -0.2) is 69.7 Å². The number of aromatic hydroxyl groups is 3. The number of esters is 1. The van der Waals surface area contributed by atoms with Crippen LogP contribution in [-0.2, 0) is 40.3 Å². The first-order valence-electron chi connectivity index (χ1n) is 20.3. The van der Waals surface area contributed by atoms with Gasteiger partial charge < -0.3 is 34.3 Å². The van der Waals surface area contributed by atoms with Crippen LogP contribution in [0.5, 0.6) is 17.2 Å². The summed E-state index contributed by atoms with van der Waals surface area (Å²) in [4.78, 5) is 59.9. The molecule has 3 aliphatic heterocycles. The van der Waals surface area contributed by atoms with E-state index in [4.69, 9.17) is 14.5 Å². The number of hydrogen-bond donors (Lipinski definition) is 4. The highest BCUT2D eigenvalue weighted by Crippen LogP contribution is 2.40. The number of ether oxygens (including phenoxy) is 2. The summed E-state index contributed by atoms with van der Waals surface area (Å²) in [6.07, 6.45) is 1.75. The van der Waals surface area contributed by atoms with Gasteiger partial charge in [0.15, 0.2) is 5.82 Å². The second-order valence-electron chi connectivity index (χ2n) is 16.1. The maximum Gasteiger partial charge on any atom is 0.410 e. The van der Waals surface area contributed by atoms with E-state index in [9.17, 15) is 34.5 Å². The molecule has 9 rings (SSSR count). The number of aromatic nitrogens is 5. The number of carbonyl (C=O) groups excluding carboxylic acids is 2. The lowest BCUT2D eigenvalue weighted by atomic mass is 9.90. The molecule has 6 aromatic rings. The molecule has 0 aliphatic carbocycles. The van der Waals surface area contributed by atoms with E-state index in [1.807, 2.05) is 45.0 Å². The summed E-state index contributed by atoms with van der Waals surface area (Å²) in [6, 6.07) is 17.2. The number of H-pyrrole nitrogens is 1. The van der Waals surface area contributed by atoms with Crippen molar-refractivity contribution in [3.05, 3.63) is 115 Å². The van der Waals surface area contributed by atoms with Gasteiger partial charge in [-0.25, -0.2) is 29.0 Å². The van der Waals surface area contributed by atoms with Gasteiger partial charge in [-0.15, -0.1) is 0 Å². The Hall–Kier alpha value is -6.90. The van der Waals surface area contributed by atoms with Gasteiger partial charge in [0.05, 0.1) is 40.3 Å². The molecular weight excluding hydrogens is 769 g/mol. The van der Waals surface area contributed by atoms with Gasteiger partial charge in [-0.2, -0.15) is 5.10 Å². The van der Waals surface area contributed by atoms with Crippen molar-refractivity contribution in [2.45, 2.75) is 78.0 Å². The summed E-state index contributed by atoms with van der Waals surface area (Å²) in [7, 11) is 0. The van der Waals surface area contributed by atoms with Gasteiger partial charge in [-0.05, 0) is 103 Å². The van der Waals surface area contributed by atoms with Crippen molar-refractivity contribution in [1.82, 2.24) is 29.2 Å². The molecule has 3 aromatic heterocycles. The van der Waals surface area contributed by atoms with Gasteiger partial charge >= 0.3 is 17.8 Å². The lowest BCUT2D eigenvalue weighted by Gasteiger charge is -2.33. The van der Waals surface area contributed by atoms with Crippen LogP contribution in [0.4, 0.5) is 4.79 Å². The van der Waals surface area contributed by atoms with Crippen molar-refractivity contribution in [1.29, 1.82) is 0 Å². The van der Waals surface area contributed by atoms with Crippen molar-refractivity contribution in [2.24, 2.45) is 5.92 Å². The number of fused-ring (bicyclic) bond motifs is 5. The third-order valence-electron chi connectivity index (χ3n) is 12.2. The summed E-state index contributed by atoms with van der Waals surface area (Å²) in [5, 5.41) is 38.6. The zero-order chi connectivity index (χ0) is 42.0. The molecule has 1 saturated heterocycles. The number of aryl methyl sites for hydroxylation is 2. The minimum atomic E-state index is -1.40. The molecule has 3 aromatic carbocycles. The predicted octanol–water partition coefficient (Wildman–Crippen LogP) is 6.35. The number of nitrogens with zero attached hydrogens (tertiary/aromatic N) is 5. The summed E-state index contributed by atoms with van der Waals surface area (Å²) in [6.45, 7) is 6.81. The number of carbonyl (C=O) groups is 2. The largest absolute Gasteiger partial charge is 0.508 e. The molecule has 6 heterocycles. The zero-order valence-corrected chi connectivity index (χ0v) is 33.4. The first-order chi connectivity index (χ1) is 28.9. The average Bonchev–Trinajstić information content (AvgIpc) is 3.80. The van der Waals surface area contributed by atoms with Crippen molar-refractivity contribution >= 4 is 23.0 Å². The van der Waals surface area contributed by atoms with E-state index in [0.717, 1.165) is 47.8 Å². The normalized spacial score (nSPS) is 16.2. The Bertz CT molecular complexity index is 2830. The number of phenolic OH excluding ortho intramolecular Hbond substituents is 3. The molecule has 0 spiro atoms. The van der Waals surface area contributed by atoms with Crippen molar-refractivity contribution in [2.75, 3.05) is 13.1 Å². The van der Waals surface area contributed by atoms with E-state index in [2.05, 4.69) is 10.2 Å². The van der Waals surface area contributed by atoms with E-state index >= 15 is 0 Å². The highest BCUT2D eigenvalue weighted by atomic mass is 16.6. The minimum absolute atomic E-state index is 0.0213. The lowest BCUT2D eigenvalue weighted by Crippen LogP contribution is -2.41. The van der Waals surface area contributed by atoms with E-state index in [-0.39, 0.29) is 53.3 Å². The number of amides is 1. The average molecular weight is 813 g/mol. The number of phenols is 3. The third kappa shape index (κ3) is 6.63. The van der Waals surface area contributed by atoms with Crippen LogP contribution in [0.3, 0.4) is 0 Å². The van der Waals surface area contributed by atoms with E-state index in [1.165, 1.54) is 10.6 Å². The molecule has 1 atom stereocenters. The van der Waals surface area contributed by atoms with Crippen LogP contribution in [0, 0.1) is 5.92 Å². The second kappa shape index (κ2) is 15.0. The Morgan fingerprint density at radius 1 is 0.967 bits per heavy atom. The van der Waals surface area contributed by atoms with Gasteiger partial charge in [0.1, 0.15) is 23.9 Å². The Balaban J connectivity index is 0.851. The SMILES string of the molecule is CCc1c2c(nc3ccc(O)cc13)-c1cc3c(c(=O)n1C2)COC(=O)[C@H]3OC(=O)N1CCC(CCc2ccc(-n3c(-c4cc(C(C)C)c(O)cc4O)n[nH]c3=O)cc2)CC1. The van der Waals surface area contributed by atoms with E-state index in [0.29, 0.717) is 64.7 Å². The smallest absolute Gasteiger partial charge is 0.410 e. The van der Waals surface area contributed by atoms with E-state index in [1.54, 1.807) is 39.8 Å². The maximum absolute atomic E-state index is 13.9. The predicted molar refractivity (Wildman–Crippen MR) is 220 cm³/mol. The molecule has 308 valence electrons. The number of benzene rings is 3. The van der Waals surface area contributed by atoms with Gasteiger partial charge in [-0.3, -0.25) is 4.79 Å². The second-order valence-corrected chi connectivity index (χ2v) is 16.1. The lowest BCUT2D eigenvalue weighted by molar-refractivity contribution is -0.158. The number of pyridine rings is 2. The summed E-state index contributed by atoms with van der Waals surface area (Å²) in [5.74, 6) is -0.275. The van der Waals surface area contributed by atoms with Crippen LogP contribution in [0.25, 0.3) is 39.4 Å². The Labute approximate surface area is 343 Å². The number of nitrogens with one attached hydrogen (secondary N) is 1. The van der Waals surface area contributed by atoms with Crippen molar-refractivity contribution < 1.29 is 34.4 Å². The fraction of sp³-hybridized carbons (Fsp3) is 0.333. The van der Waals surface area contributed by atoms with Gasteiger partial charge in [0, 0.05) is 35.7 Å². The highest BCUT2D eigenvalue weighted by Gasteiger charge is 2.39. The zero-order valence-electron chi connectivity index (χ0n) is 33.4. The monoisotopic (exact) mass is 812 g/mol. The summed E-state index contributed by atoms with van der Waals surface area (Å²) >= 11 is 0. The van der Waals surface area contributed by atoms with Crippen molar-refractivity contribution in [3.63, 3.8) is 0 Å². The Morgan fingerprint density at radius 3 is 2.47 bits per heavy atom. The number of rotatable bonds is 8. The first kappa shape index (κ1) is 38.6. The van der Waals surface area contributed by atoms with E-state index < -0.39 is 23.9 Å². The van der Waals surface area contributed by atoms with Crippen molar-refractivity contribution in [3.8, 4) is 45.7 Å². The molecule has 0 bridgehead atoms. The first-order valence-corrected chi connectivity index (χ1v) is 20.3. The van der Waals surface area contributed by atoms with Crippen LogP contribution in [0.1, 0.15) is 85.4 Å². The molecule has 0 saturated carbocycles. The Morgan fingerprint density at radius 2 is 1.73 bits per heavy atom. The number of aromatic amines is 1. The summed E-state index contributed by atoms with van der Waals surface area (Å²) < 4.78 is 14.2. The van der Waals surface area contributed by atoms with Crippen LogP contribution >= 0.6 is 0 Å².